The molecule has 2 aromatic carbocycles. The van der Waals surface area contributed by atoms with Gasteiger partial charge in [-0.15, -0.1) is 0 Å². The SMILES string of the molecule is CC(=O)N1CCC(n2ncc3cc(F)c(-c4cccc5c4cnn5CC(=O)NCC(=O)NCC(=O)O)cc32)CC1. The lowest BCUT2D eigenvalue weighted by atomic mass is 9.99. The van der Waals surface area contributed by atoms with Crippen LogP contribution in [0.25, 0.3) is 32.9 Å². The second kappa shape index (κ2) is 11.1. The topological polar surface area (TPSA) is 151 Å². The number of likely N-dealkylation sites (tertiary alicyclic amines) is 1. The van der Waals surface area contributed by atoms with Crippen LogP contribution in [0.15, 0.2) is 42.7 Å². The lowest BCUT2D eigenvalue weighted by molar-refractivity contribution is -0.137. The van der Waals surface area contributed by atoms with E-state index in [-0.39, 0.29) is 25.0 Å². The summed E-state index contributed by atoms with van der Waals surface area (Å²) in [5, 5.41) is 23.4. The van der Waals surface area contributed by atoms with Crippen molar-refractivity contribution in [2.24, 2.45) is 0 Å². The number of hydrogen-bond acceptors (Lipinski definition) is 6. The Bertz CT molecular complexity index is 1620. The zero-order chi connectivity index (χ0) is 28.4. The number of carboxylic acids is 1. The Labute approximate surface area is 227 Å². The van der Waals surface area contributed by atoms with Crippen molar-refractivity contribution in [1.29, 1.82) is 0 Å². The predicted molar refractivity (Wildman–Crippen MR) is 143 cm³/mol. The van der Waals surface area contributed by atoms with E-state index >= 15 is 4.39 Å². The normalized spacial score (nSPS) is 14.0. The molecule has 0 saturated carbocycles. The summed E-state index contributed by atoms with van der Waals surface area (Å²) in [4.78, 5) is 48.2. The zero-order valence-electron chi connectivity index (χ0n) is 21.8. The van der Waals surface area contributed by atoms with Crippen LogP contribution in [0.3, 0.4) is 0 Å². The first-order valence-corrected chi connectivity index (χ1v) is 12.8. The van der Waals surface area contributed by atoms with Crippen molar-refractivity contribution in [3.8, 4) is 11.1 Å². The van der Waals surface area contributed by atoms with Crippen molar-refractivity contribution < 1.29 is 28.7 Å². The molecule has 1 fully saturated rings. The van der Waals surface area contributed by atoms with Crippen LogP contribution in [-0.2, 0) is 25.7 Å². The molecule has 0 bridgehead atoms. The largest absolute Gasteiger partial charge is 0.480 e. The van der Waals surface area contributed by atoms with Crippen molar-refractivity contribution in [2.75, 3.05) is 26.2 Å². The number of carboxylic acid groups (broad SMARTS) is 1. The molecule has 208 valence electrons. The third-order valence-electron chi connectivity index (χ3n) is 7.09. The standard InChI is InChI=1S/C27H28FN7O5/c1-16(36)33-7-5-18(6-8-33)35-24-10-20(22(28)9-17(24)11-32-35)19-3-2-4-23-21(19)12-31-34(23)15-26(38)29-13-25(37)30-14-27(39)40/h2-4,9-12,18H,5-8,13-15H2,1H3,(H,29,38)(H,30,37)(H,39,40). The number of fused-ring (bicyclic) bond motifs is 2. The molecule has 0 aliphatic carbocycles. The summed E-state index contributed by atoms with van der Waals surface area (Å²) in [5.41, 5.74) is 2.38. The Morgan fingerprint density at radius 3 is 2.45 bits per heavy atom. The maximum atomic E-state index is 15.4. The highest BCUT2D eigenvalue weighted by molar-refractivity contribution is 5.97. The molecule has 1 aliphatic rings. The number of nitrogens with zero attached hydrogens (tertiary/aromatic N) is 5. The minimum absolute atomic E-state index is 0.0560. The van der Waals surface area contributed by atoms with Gasteiger partial charge in [0.1, 0.15) is 18.9 Å². The fraction of sp³-hybridized carbons (Fsp3) is 0.333. The third-order valence-corrected chi connectivity index (χ3v) is 7.09. The number of aromatic nitrogens is 4. The molecule has 1 saturated heterocycles. The molecular weight excluding hydrogens is 521 g/mol. The van der Waals surface area contributed by atoms with Crippen LogP contribution < -0.4 is 10.6 Å². The molecule has 13 heteroatoms. The Kier molecular flexibility index (Phi) is 7.45. The van der Waals surface area contributed by atoms with Gasteiger partial charge >= 0.3 is 5.97 Å². The summed E-state index contributed by atoms with van der Waals surface area (Å²) in [5.74, 6) is -2.66. The number of rotatable bonds is 8. The predicted octanol–water partition coefficient (Wildman–Crippen LogP) is 1.69. The quantitative estimate of drug-likeness (QED) is 0.303. The van der Waals surface area contributed by atoms with E-state index in [1.807, 2.05) is 9.58 Å². The fourth-order valence-electron chi connectivity index (χ4n) is 5.06. The van der Waals surface area contributed by atoms with Gasteiger partial charge in [0.15, 0.2) is 0 Å². The smallest absolute Gasteiger partial charge is 0.322 e. The molecule has 0 spiro atoms. The highest BCUT2D eigenvalue weighted by Crippen LogP contribution is 2.35. The first-order valence-electron chi connectivity index (χ1n) is 12.8. The Hall–Kier alpha value is -4.81. The molecule has 2 aromatic heterocycles. The molecule has 4 aromatic rings. The minimum Gasteiger partial charge on any atom is -0.480 e. The Balaban J connectivity index is 1.37. The third kappa shape index (κ3) is 5.48. The van der Waals surface area contributed by atoms with Crippen molar-refractivity contribution in [2.45, 2.75) is 32.4 Å². The number of carbonyl (C=O) groups is 4. The van der Waals surface area contributed by atoms with E-state index in [1.54, 1.807) is 43.6 Å². The van der Waals surface area contributed by atoms with Crippen molar-refractivity contribution >= 4 is 45.5 Å². The maximum absolute atomic E-state index is 15.4. The van der Waals surface area contributed by atoms with Crippen LogP contribution in [0, 0.1) is 5.82 Å². The molecule has 1 aliphatic heterocycles. The molecule has 12 nitrogen and oxygen atoms in total. The summed E-state index contributed by atoms with van der Waals surface area (Å²) in [6.07, 6.45) is 4.73. The highest BCUT2D eigenvalue weighted by atomic mass is 19.1. The summed E-state index contributed by atoms with van der Waals surface area (Å²) in [6, 6.07) is 8.65. The monoisotopic (exact) mass is 549 g/mol. The summed E-state index contributed by atoms with van der Waals surface area (Å²) < 4.78 is 18.7. The van der Waals surface area contributed by atoms with E-state index in [9.17, 15) is 19.2 Å². The summed E-state index contributed by atoms with van der Waals surface area (Å²) >= 11 is 0. The number of halogens is 1. The van der Waals surface area contributed by atoms with E-state index in [4.69, 9.17) is 5.11 Å². The van der Waals surface area contributed by atoms with Gasteiger partial charge in [0.2, 0.25) is 17.7 Å². The number of amides is 3. The van der Waals surface area contributed by atoms with Gasteiger partial charge in [0, 0.05) is 36.3 Å². The zero-order valence-corrected chi connectivity index (χ0v) is 21.8. The summed E-state index contributed by atoms with van der Waals surface area (Å²) in [7, 11) is 0. The maximum Gasteiger partial charge on any atom is 0.322 e. The van der Waals surface area contributed by atoms with E-state index in [1.165, 1.54) is 10.7 Å². The van der Waals surface area contributed by atoms with E-state index in [2.05, 4.69) is 20.8 Å². The van der Waals surface area contributed by atoms with Gasteiger partial charge < -0.3 is 20.6 Å². The van der Waals surface area contributed by atoms with Gasteiger partial charge in [0.25, 0.3) is 0 Å². The molecule has 0 unspecified atom stereocenters. The number of aliphatic carboxylic acids is 1. The van der Waals surface area contributed by atoms with Crippen LogP contribution in [0.1, 0.15) is 25.8 Å². The van der Waals surface area contributed by atoms with Gasteiger partial charge in [-0.05, 0) is 36.6 Å². The number of hydrogen-bond donors (Lipinski definition) is 3. The van der Waals surface area contributed by atoms with Crippen molar-refractivity contribution in [1.82, 2.24) is 35.1 Å². The fourth-order valence-corrected chi connectivity index (χ4v) is 5.06. The Morgan fingerprint density at radius 2 is 1.73 bits per heavy atom. The molecular formula is C27H28FN7O5. The van der Waals surface area contributed by atoms with Gasteiger partial charge in [-0.3, -0.25) is 28.5 Å². The van der Waals surface area contributed by atoms with Crippen LogP contribution in [0.5, 0.6) is 0 Å². The van der Waals surface area contributed by atoms with E-state index < -0.39 is 30.1 Å². The lowest BCUT2D eigenvalue weighted by Crippen LogP contribution is -2.40. The second-order valence-electron chi connectivity index (χ2n) is 9.71. The molecule has 3 heterocycles. The number of nitrogens with one attached hydrogen (secondary N) is 2. The van der Waals surface area contributed by atoms with Crippen LogP contribution in [0.2, 0.25) is 0 Å². The molecule has 5 rings (SSSR count). The highest BCUT2D eigenvalue weighted by Gasteiger charge is 2.24. The van der Waals surface area contributed by atoms with Crippen molar-refractivity contribution in [3.05, 3.63) is 48.5 Å². The minimum atomic E-state index is -1.19. The van der Waals surface area contributed by atoms with Gasteiger partial charge in [-0.25, -0.2) is 4.39 Å². The second-order valence-corrected chi connectivity index (χ2v) is 9.71. The Morgan fingerprint density at radius 1 is 0.975 bits per heavy atom. The first-order chi connectivity index (χ1) is 19.2. The van der Waals surface area contributed by atoms with E-state index in [0.29, 0.717) is 40.5 Å². The molecule has 0 radical (unpaired) electrons. The van der Waals surface area contributed by atoms with Gasteiger partial charge in [0.05, 0.1) is 36.0 Å². The molecule has 0 atom stereocenters. The number of benzene rings is 2. The van der Waals surface area contributed by atoms with E-state index in [0.717, 1.165) is 18.4 Å². The first kappa shape index (κ1) is 26.8. The number of carbonyl (C=O) groups excluding carboxylic acids is 3. The average Bonchev–Trinajstić information content (AvgIpc) is 3.54. The summed E-state index contributed by atoms with van der Waals surface area (Å²) in [6.45, 7) is 1.76. The van der Waals surface area contributed by atoms with Crippen molar-refractivity contribution in [3.63, 3.8) is 0 Å². The van der Waals surface area contributed by atoms with Crippen LogP contribution >= 0.6 is 0 Å². The lowest BCUT2D eigenvalue weighted by Gasteiger charge is -2.31. The molecule has 40 heavy (non-hydrogen) atoms. The van der Waals surface area contributed by atoms with Crippen LogP contribution in [0.4, 0.5) is 4.39 Å². The number of piperidine rings is 1. The van der Waals surface area contributed by atoms with Crippen LogP contribution in [-0.4, -0.2) is 79.4 Å². The molecule has 3 N–H and O–H groups in total. The van der Waals surface area contributed by atoms with Gasteiger partial charge in [-0.2, -0.15) is 10.2 Å². The molecule has 3 amide bonds. The van der Waals surface area contributed by atoms with Gasteiger partial charge in [-0.1, -0.05) is 12.1 Å². The average molecular weight is 550 g/mol.